The Bertz CT molecular complexity index is 848. The lowest BCUT2D eigenvalue weighted by molar-refractivity contribution is -0.151. The Hall–Kier alpha value is -3.02. The van der Waals surface area contributed by atoms with Crippen LogP contribution in [0.2, 0.25) is 0 Å². The van der Waals surface area contributed by atoms with Crippen LogP contribution in [0.15, 0.2) is 42.5 Å². The molecule has 1 aliphatic rings. The highest BCUT2D eigenvalue weighted by Gasteiger charge is 2.34. The van der Waals surface area contributed by atoms with E-state index in [2.05, 4.69) is 0 Å². The predicted molar refractivity (Wildman–Crippen MR) is 100.0 cm³/mol. The molecule has 1 amide bonds. The molecule has 2 aromatic rings. The van der Waals surface area contributed by atoms with Crippen molar-refractivity contribution >= 4 is 11.9 Å². The van der Waals surface area contributed by atoms with Gasteiger partial charge in [-0.3, -0.25) is 4.79 Å². The van der Waals surface area contributed by atoms with Crippen molar-refractivity contribution < 1.29 is 24.2 Å². The molecule has 0 radical (unpaired) electrons. The van der Waals surface area contributed by atoms with Crippen molar-refractivity contribution in [2.24, 2.45) is 0 Å². The fourth-order valence-corrected chi connectivity index (χ4v) is 3.44. The van der Waals surface area contributed by atoms with E-state index < -0.39 is 12.0 Å². The number of nitrogens with zero attached hydrogens (tertiary/aromatic N) is 1. The van der Waals surface area contributed by atoms with E-state index in [1.54, 1.807) is 20.3 Å². The summed E-state index contributed by atoms with van der Waals surface area (Å²) in [6.07, 6.45) is 1.08. The summed E-state index contributed by atoms with van der Waals surface area (Å²) in [6.45, 7) is 0.331. The first-order valence-corrected chi connectivity index (χ1v) is 8.83. The second-order valence-corrected chi connectivity index (χ2v) is 6.54. The Morgan fingerprint density at radius 3 is 2.44 bits per heavy atom. The molecule has 6 nitrogen and oxygen atoms in total. The van der Waals surface area contributed by atoms with Gasteiger partial charge >= 0.3 is 5.97 Å². The molecule has 3 rings (SSSR count). The largest absolute Gasteiger partial charge is 0.493 e. The Morgan fingerprint density at radius 2 is 1.78 bits per heavy atom. The maximum absolute atomic E-state index is 12.8. The number of methoxy groups -OCH3 is 2. The third-order valence-electron chi connectivity index (χ3n) is 4.93. The predicted octanol–water partition coefficient (Wildman–Crippen LogP) is 2.67. The van der Waals surface area contributed by atoms with E-state index in [9.17, 15) is 14.7 Å². The molecule has 1 aliphatic heterocycles. The van der Waals surface area contributed by atoms with Crippen molar-refractivity contribution in [3.05, 3.63) is 59.2 Å². The molecule has 0 fully saturated rings. The highest BCUT2D eigenvalue weighted by Crippen LogP contribution is 2.29. The van der Waals surface area contributed by atoms with Gasteiger partial charge in [0.25, 0.3) is 0 Å². The smallest absolute Gasteiger partial charge is 0.326 e. The Kier molecular flexibility index (Phi) is 5.64. The topological polar surface area (TPSA) is 76.1 Å². The number of carboxylic acids is 1. The lowest BCUT2D eigenvalue weighted by Gasteiger charge is -2.34. The zero-order valence-corrected chi connectivity index (χ0v) is 15.5. The average Bonchev–Trinajstić information content (AvgIpc) is 2.70. The lowest BCUT2D eigenvalue weighted by atomic mass is 9.93. The minimum absolute atomic E-state index is 0.160. The first kappa shape index (κ1) is 18.8. The summed E-state index contributed by atoms with van der Waals surface area (Å²) in [6, 6.07) is 12.4. The number of ether oxygens (including phenoxy) is 2. The van der Waals surface area contributed by atoms with Crippen molar-refractivity contribution in [1.29, 1.82) is 0 Å². The van der Waals surface area contributed by atoms with Gasteiger partial charge < -0.3 is 19.5 Å². The van der Waals surface area contributed by atoms with E-state index in [1.807, 2.05) is 36.4 Å². The van der Waals surface area contributed by atoms with Crippen LogP contribution >= 0.6 is 0 Å². The maximum Gasteiger partial charge on any atom is 0.326 e. The van der Waals surface area contributed by atoms with Crippen molar-refractivity contribution in [1.82, 2.24) is 4.90 Å². The number of aryl methyl sites for hydroxylation is 1. The van der Waals surface area contributed by atoms with Crippen molar-refractivity contribution in [2.75, 3.05) is 14.2 Å². The van der Waals surface area contributed by atoms with Gasteiger partial charge in [-0.05, 0) is 35.2 Å². The zero-order chi connectivity index (χ0) is 19.4. The highest BCUT2D eigenvalue weighted by molar-refractivity contribution is 5.84. The molecule has 142 valence electrons. The molecule has 2 aromatic carbocycles. The zero-order valence-electron chi connectivity index (χ0n) is 15.5. The van der Waals surface area contributed by atoms with Crippen molar-refractivity contribution in [3.8, 4) is 11.5 Å². The quantitative estimate of drug-likeness (QED) is 0.847. The summed E-state index contributed by atoms with van der Waals surface area (Å²) >= 11 is 0. The number of hydrogen-bond acceptors (Lipinski definition) is 4. The number of benzene rings is 2. The van der Waals surface area contributed by atoms with Crippen molar-refractivity contribution in [2.45, 2.75) is 31.8 Å². The average molecular weight is 369 g/mol. The van der Waals surface area contributed by atoms with E-state index in [0.29, 0.717) is 30.9 Å². The molecular weight excluding hydrogens is 346 g/mol. The minimum atomic E-state index is -0.969. The van der Waals surface area contributed by atoms with Crippen molar-refractivity contribution in [3.63, 3.8) is 0 Å². The summed E-state index contributed by atoms with van der Waals surface area (Å²) in [5.41, 5.74) is 2.94. The first-order chi connectivity index (χ1) is 13.0. The van der Waals surface area contributed by atoms with Crippen LogP contribution in [0.3, 0.4) is 0 Å². The third kappa shape index (κ3) is 4.05. The Labute approximate surface area is 158 Å². The van der Waals surface area contributed by atoms with Crippen LogP contribution in [0.25, 0.3) is 0 Å². The number of fused-ring (bicyclic) bond motifs is 1. The molecule has 1 N–H and O–H groups in total. The molecule has 27 heavy (non-hydrogen) atoms. The summed E-state index contributed by atoms with van der Waals surface area (Å²) in [5.74, 6) is 0.111. The number of amides is 1. The van der Waals surface area contributed by atoms with Crippen LogP contribution < -0.4 is 9.47 Å². The molecule has 0 aromatic heterocycles. The number of hydrogen-bond donors (Lipinski definition) is 1. The molecule has 0 saturated carbocycles. The number of rotatable bonds is 6. The van der Waals surface area contributed by atoms with Crippen LogP contribution in [-0.2, 0) is 29.0 Å². The molecule has 0 aliphatic carbocycles. The van der Waals surface area contributed by atoms with Gasteiger partial charge in [-0.1, -0.05) is 30.3 Å². The van der Waals surface area contributed by atoms with Gasteiger partial charge in [-0.15, -0.1) is 0 Å². The fourth-order valence-electron chi connectivity index (χ4n) is 3.44. The van der Waals surface area contributed by atoms with Gasteiger partial charge in [0, 0.05) is 19.4 Å². The summed E-state index contributed by atoms with van der Waals surface area (Å²) in [7, 11) is 3.14. The first-order valence-electron chi connectivity index (χ1n) is 8.83. The molecule has 6 heteroatoms. The van der Waals surface area contributed by atoms with Gasteiger partial charge in [-0.2, -0.15) is 0 Å². The van der Waals surface area contributed by atoms with Gasteiger partial charge in [-0.25, -0.2) is 4.79 Å². The van der Waals surface area contributed by atoms with Crippen LogP contribution in [0, 0.1) is 0 Å². The second-order valence-electron chi connectivity index (χ2n) is 6.54. The van der Waals surface area contributed by atoms with Crippen LogP contribution in [0.1, 0.15) is 23.1 Å². The maximum atomic E-state index is 12.8. The van der Waals surface area contributed by atoms with E-state index in [-0.39, 0.29) is 12.3 Å². The van der Waals surface area contributed by atoms with E-state index in [1.165, 1.54) is 4.90 Å². The van der Waals surface area contributed by atoms with E-state index >= 15 is 0 Å². The molecule has 1 heterocycles. The van der Waals surface area contributed by atoms with E-state index in [4.69, 9.17) is 9.47 Å². The Morgan fingerprint density at radius 1 is 1.07 bits per heavy atom. The monoisotopic (exact) mass is 369 g/mol. The van der Waals surface area contributed by atoms with Gasteiger partial charge in [0.2, 0.25) is 5.91 Å². The molecule has 0 bridgehead atoms. The highest BCUT2D eigenvalue weighted by atomic mass is 16.5. The fraction of sp³-hybridized carbons (Fsp3) is 0.333. The van der Waals surface area contributed by atoms with Gasteiger partial charge in [0.05, 0.1) is 14.2 Å². The minimum Gasteiger partial charge on any atom is -0.493 e. The molecule has 1 unspecified atom stereocenters. The number of carboxylic acid groups (broad SMARTS) is 1. The van der Waals surface area contributed by atoms with Crippen LogP contribution in [0.4, 0.5) is 0 Å². The van der Waals surface area contributed by atoms with Crippen LogP contribution in [0.5, 0.6) is 11.5 Å². The standard InChI is InChI=1S/C21H23NO5/c1-26-18-9-7-14(11-19(18)27-2)8-10-20(23)22-13-16-6-4-3-5-15(16)12-17(22)21(24)25/h3-7,9,11,17H,8,10,12-13H2,1-2H3,(H,24,25). The lowest BCUT2D eigenvalue weighted by Crippen LogP contribution is -2.48. The summed E-state index contributed by atoms with van der Waals surface area (Å²) in [5, 5.41) is 9.57. The van der Waals surface area contributed by atoms with Crippen LogP contribution in [-0.4, -0.2) is 42.1 Å². The number of aliphatic carboxylic acids is 1. The normalized spacial score (nSPS) is 15.8. The second kappa shape index (κ2) is 8.12. The Balaban J connectivity index is 1.72. The SMILES string of the molecule is COc1ccc(CCC(=O)N2Cc3ccccc3CC2C(=O)O)cc1OC. The summed E-state index contributed by atoms with van der Waals surface area (Å²) < 4.78 is 10.5. The molecule has 0 saturated heterocycles. The van der Waals surface area contributed by atoms with Gasteiger partial charge in [0.1, 0.15) is 6.04 Å². The summed E-state index contributed by atoms with van der Waals surface area (Å²) in [4.78, 5) is 25.9. The molecule has 1 atom stereocenters. The molecular formula is C21H23NO5. The van der Waals surface area contributed by atoms with E-state index in [0.717, 1.165) is 16.7 Å². The third-order valence-corrected chi connectivity index (χ3v) is 4.93. The number of carbonyl (C=O) groups is 2. The van der Waals surface area contributed by atoms with Gasteiger partial charge in [0.15, 0.2) is 11.5 Å². The number of carbonyl (C=O) groups excluding carboxylic acids is 1. The molecule has 0 spiro atoms.